The van der Waals surface area contributed by atoms with Gasteiger partial charge >= 0.3 is 0 Å². The second kappa shape index (κ2) is 6.11. The maximum atomic E-state index is 6.16. The molecule has 0 N–H and O–H groups in total. The maximum absolute atomic E-state index is 6.16. The molecule has 0 saturated carbocycles. The van der Waals surface area contributed by atoms with Crippen molar-refractivity contribution in [3.05, 3.63) is 70.1 Å². The number of aromatic nitrogens is 2. The molecule has 114 valence electrons. The summed E-state index contributed by atoms with van der Waals surface area (Å²) in [6, 6.07) is 12.5. The van der Waals surface area contributed by atoms with Crippen molar-refractivity contribution in [1.29, 1.82) is 0 Å². The lowest BCUT2D eigenvalue weighted by Gasteiger charge is -2.11. The number of nitrogens with zero attached hydrogens (tertiary/aromatic N) is 3. The molecule has 0 bridgehead atoms. The van der Waals surface area contributed by atoms with Gasteiger partial charge in [0.15, 0.2) is 0 Å². The van der Waals surface area contributed by atoms with Gasteiger partial charge in [-0.05, 0) is 38.7 Å². The Morgan fingerprint density at radius 1 is 1.18 bits per heavy atom. The van der Waals surface area contributed by atoms with Crippen LogP contribution in [0.5, 0.6) is 0 Å². The molecule has 0 aliphatic heterocycles. The van der Waals surface area contributed by atoms with Crippen LogP contribution in [0.25, 0.3) is 5.65 Å². The van der Waals surface area contributed by atoms with Crippen LogP contribution in [0, 0.1) is 6.92 Å². The molecule has 0 aliphatic rings. The molecule has 0 unspecified atom stereocenters. The lowest BCUT2D eigenvalue weighted by molar-refractivity contribution is 0.394. The third kappa shape index (κ3) is 3.16. The lowest BCUT2D eigenvalue weighted by Crippen LogP contribution is -2.14. The number of benzene rings is 1. The fourth-order valence-corrected chi connectivity index (χ4v) is 2.90. The van der Waals surface area contributed by atoms with E-state index in [1.165, 1.54) is 16.8 Å². The highest BCUT2D eigenvalue weighted by molar-refractivity contribution is 6.30. The van der Waals surface area contributed by atoms with Crippen LogP contribution in [0.4, 0.5) is 0 Å². The van der Waals surface area contributed by atoms with Crippen molar-refractivity contribution in [3.8, 4) is 0 Å². The Balaban J connectivity index is 2.07. The van der Waals surface area contributed by atoms with Gasteiger partial charge in [-0.2, -0.15) is 0 Å². The molecule has 0 spiro atoms. The molecule has 3 aromatic rings. The van der Waals surface area contributed by atoms with Crippen LogP contribution in [0.15, 0.2) is 42.6 Å². The summed E-state index contributed by atoms with van der Waals surface area (Å²) in [7, 11) is 4.14. The first-order valence-corrected chi connectivity index (χ1v) is 7.76. The summed E-state index contributed by atoms with van der Waals surface area (Å²) in [5.41, 5.74) is 5.82. The Labute approximate surface area is 136 Å². The maximum Gasteiger partial charge on any atom is 0.137 e. The summed E-state index contributed by atoms with van der Waals surface area (Å²) in [4.78, 5) is 6.97. The minimum Gasteiger partial charge on any atom is -0.304 e. The standard InChI is InChI=1S/C18H20ClN3/c1-13-5-4-6-14(9-13)10-16-17(12-21(2)3)22-11-15(19)7-8-18(22)20-16/h4-9,11H,10,12H2,1-3H3. The van der Waals surface area contributed by atoms with Crippen molar-refractivity contribution in [2.45, 2.75) is 19.9 Å². The van der Waals surface area contributed by atoms with E-state index in [4.69, 9.17) is 16.6 Å². The number of pyridine rings is 1. The van der Waals surface area contributed by atoms with E-state index in [0.717, 1.165) is 29.3 Å². The number of imidazole rings is 1. The van der Waals surface area contributed by atoms with Gasteiger partial charge in [-0.15, -0.1) is 0 Å². The van der Waals surface area contributed by atoms with Crippen LogP contribution in [0.3, 0.4) is 0 Å². The van der Waals surface area contributed by atoms with Crippen molar-refractivity contribution < 1.29 is 0 Å². The van der Waals surface area contributed by atoms with Crippen molar-refractivity contribution in [2.75, 3.05) is 14.1 Å². The van der Waals surface area contributed by atoms with Crippen molar-refractivity contribution in [2.24, 2.45) is 0 Å². The third-order valence-electron chi connectivity index (χ3n) is 3.68. The largest absolute Gasteiger partial charge is 0.304 e. The molecule has 0 saturated heterocycles. The molecule has 0 atom stereocenters. The predicted molar refractivity (Wildman–Crippen MR) is 91.6 cm³/mol. The van der Waals surface area contributed by atoms with E-state index in [-0.39, 0.29) is 0 Å². The molecule has 4 heteroatoms. The lowest BCUT2D eigenvalue weighted by atomic mass is 10.1. The van der Waals surface area contributed by atoms with Gasteiger partial charge in [0, 0.05) is 19.2 Å². The Morgan fingerprint density at radius 2 is 2.00 bits per heavy atom. The molecule has 22 heavy (non-hydrogen) atoms. The quantitative estimate of drug-likeness (QED) is 0.727. The Hall–Kier alpha value is -1.84. The summed E-state index contributed by atoms with van der Waals surface area (Å²) in [6.45, 7) is 2.95. The monoisotopic (exact) mass is 313 g/mol. The van der Waals surface area contributed by atoms with Crippen LogP contribution in [-0.4, -0.2) is 28.4 Å². The molecule has 1 aromatic carbocycles. The number of aryl methyl sites for hydroxylation is 1. The average molecular weight is 314 g/mol. The highest BCUT2D eigenvalue weighted by atomic mass is 35.5. The second-order valence-electron chi connectivity index (χ2n) is 5.98. The van der Waals surface area contributed by atoms with Gasteiger partial charge in [0.25, 0.3) is 0 Å². The number of hydrogen-bond donors (Lipinski definition) is 0. The number of halogens is 1. The molecule has 0 amide bonds. The van der Waals surface area contributed by atoms with Gasteiger partial charge in [0.1, 0.15) is 5.65 Å². The summed E-state index contributed by atoms with van der Waals surface area (Å²) >= 11 is 6.16. The van der Waals surface area contributed by atoms with Gasteiger partial charge in [-0.1, -0.05) is 41.4 Å². The first-order valence-electron chi connectivity index (χ1n) is 7.38. The van der Waals surface area contributed by atoms with Crippen molar-refractivity contribution in [1.82, 2.24) is 14.3 Å². The first-order chi connectivity index (χ1) is 10.5. The molecule has 2 aromatic heterocycles. The molecular weight excluding hydrogens is 294 g/mol. The smallest absolute Gasteiger partial charge is 0.137 e. The van der Waals surface area contributed by atoms with E-state index in [2.05, 4.69) is 54.6 Å². The van der Waals surface area contributed by atoms with Gasteiger partial charge in [-0.25, -0.2) is 4.98 Å². The van der Waals surface area contributed by atoms with E-state index < -0.39 is 0 Å². The van der Waals surface area contributed by atoms with Crippen LogP contribution in [0.1, 0.15) is 22.5 Å². The SMILES string of the molecule is Cc1cccc(Cc2nc3ccc(Cl)cn3c2CN(C)C)c1. The zero-order valence-electron chi connectivity index (χ0n) is 13.2. The third-order valence-corrected chi connectivity index (χ3v) is 3.91. The minimum absolute atomic E-state index is 0.729. The van der Waals surface area contributed by atoms with E-state index in [1.807, 2.05) is 18.3 Å². The van der Waals surface area contributed by atoms with E-state index >= 15 is 0 Å². The fourth-order valence-electron chi connectivity index (χ4n) is 2.74. The second-order valence-corrected chi connectivity index (χ2v) is 6.42. The zero-order valence-corrected chi connectivity index (χ0v) is 13.9. The highest BCUT2D eigenvalue weighted by Crippen LogP contribution is 2.20. The fraction of sp³-hybridized carbons (Fsp3) is 0.278. The molecule has 0 aliphatic carbocycles. The van der Waals surface area contributed by atoms with Crippen LogP contribution in [0.2, 0.25) is 5.02 Å². The van der Waals surface area contributed by atoms with E-state index in [9.17, 15) is 0 Å². The molecule has 3 nitrogen and oxygen atoms in total. The summed E-state index contributed by atoms with van der Waals surface area (Å²) in [5.74, 6) is 0. The zero-order chi connectivity index (χ0) is 15.7. The van der Waals surface area contributed by atoms with Gasteiger partial charge in [0.05, 0.1) is 16.4 Å². The average Bonchev–Trinajstić information content (AvgIpc) is 2.76. The summed E-state index contributed by atoms with van der Waals surface area (Å²) in [6.07, 6.45) is 2.78. The molecular formula is C18H20ClN3. The van der Waals surface area contributed by atoms with Gasteiger partial charge in [-0.3, -0.25) is 0 Å². The minimum atomic E-state index is 0.729. The predicted octanol–water partition coefficient (Wildman–Crippen LogP) is 3.95. The van der Waals surface area contributed by atoms with Crippen LogP contribution >= 0.6 is 11.6 Å². The Morgan fingerprint density at radius 3 is 2.73 bits per heavy atom. The van der Waals surface area contributed by atoms with E-state index in [0.29, 0.717) is 0 Å². The van der Waals surface area contributed by atoms with Gasteiger partial charge in [0.2, 0.25) is 0 Å². The molecule has 2 heterocycles. The first kappa shape index (κ1) is 15.1. The van der Waals surface area contributed by atoms with Crippen molar-refractivity contribution >= 4 is 17.2 Å². The van der Waals surface area contributed by atoms with Crippen LogP contribution < -0.4 is 0 Å². The highest BCUT2D eigenvalue weighted by Gasteiger charge is 2.14. The molecule has 3 rings (SSSR count). The normalized spacial score (nSPS) is 11.5. The topological polar surface area (TPSA) is 20.5 Å². The summed E-state index contributed by atoms with van der Waals surface area (Å²) < 4.78 is 2.10. The molecule has 0 radical (unpaired) electrons. The van der Waals surface area contributed by atoms with E-state index in [1.54, 1.807) is 0 Å². The number of rotatable bonds is 4. The Bertz CT molecular complexity index is 805. The van der Waals surface area contributed by atoms with Crippen molar-refractivity contribution in [3.63, 3.8) is 0 Å². The van der Waals surface area contributed by atoms with Crippen LogP contribution in [-0.2, 0) is 13.0 Å². The number of hydrogen-bond acceptors (Lipinski definition) is 2. The number of fused-ring (bicyclic) bond motifs is 1. The van der Waals surface area contributed by atoms with Gasteiger partial charge < -0.3 is 9.30 Å². The molecule has 0 fully saturated rings. The Kier molecular flexibility index (Phi) is 4.19. The summed E-state index contributed by atoms with van der Waals surface area (Å²) in [5, 5.41) is 0.729.